The van der Waals surface area contributed by atoms with E-state index in [1.807, 2.05) is 13.0 Å². The van der Waals surface area contributed by atoms with Crippen LogP contribution in [0.2, 0.25) is 0 Å². The summed E-state index contributed by atoms with van der Waals surface area (Å²) in [4.78, 5) is 8.75. The van der Waals surface area contributed by atoms with Crippen molar-refractivity contribution in [1.29, 1.82) is 0 Å². The summed E-state index contributed by atoms with van der Waals surface area (Å²) in [6.45, 7) is 2.02. The third kappa shape index (κ3) is 1.69. The van der Waals surface area contributed by atoms with E-state index in [-0.39, 0.29) is 0 Å². The lowest BCUT2D eigenvalue weighted by Crippen LogP contribution is -1.96. The van der Waals surface area contributed by atoms with Gasteiger partial charge in [0, 0.05) is 11.6 Å². The molecule has 0 N–H and O–H groups in total. The van der Waals surface area contributed by atoms with Crippen molar-refractivity contribution in [3.63, 3.8) is 0 Å². The second-order valence-electron chi connectivity index (χ2n) is 2.96. The summed E-state index contributed by atoms with van der Waals surface area (Å²) in [5.74, 6) is 1.72. The topological polar surface area (TPSA) is 25.8 Å². The summed E-state index contributed by atoms with van der Waals surface area (Å²) in [5.41, 5.74) is 1.09. The number of rotatable bonds is 1. The smallest absolute Gasteiger partial charge is 0.132 e. The molecule has 0 radical (unpaired) electrons. The fourth-order valence-corrected chi connectivity index (χ4v) is 1.77. The van der Waals surface area contributed by atoms with E-state index in [4.69, 9.17) is 0 Å². The Morgan fingerprint density at radius 1 is 1.45 bits per heavy atom. The molecule has 1 aliphatic carbocycles. The molecule has 1 saturated carbocycles. The lowest BCUT2D eigenvalue weighted by atomic mass is 10.3. The van der Waals surface area contributed by atoms with Gasteiger partial charge in [-0.05, 0) is 48.4 Å². The van der Waals surface area contributed by atoms with Crippen LogP contribution in [-0.2, 0) is 0 Å². The van der Waals surface area contributed by atoms with Gasteiger partial charge in [0.1, 0.15) is 9.53 Å². The summed E-state index contributed by atoms with van der Waals surface area (Å²) in [5, 5.41) is 0. The summed E-state index contributed by atoms with van der Waals surface area (Å²) < 4.78 is 1.07. The lowest BCUT2D eigenvalue weighted by Gasteiger charge is -1.98. The van der Waals surface area contributed by atoms with Gasteiger partial charge in [-0.1, -0.05) is 0 Å². The van der Waals surface area contributed by atoms with E-state index in [2.05, 4.69) is 32.6 Å². The zero-order valence-corrected chi connectivity index (χ0v) is 8.50. The summed E-state index contributed by atoms with van der Waals surface area (Å²) >= 11 is 2.24. The highest BCUT2D eigenvalue weighted by Gasteiger charge is 2.26. The molecule has 3 heteroatoms. The molecule has 2 rings (SSSR count). The maximum Gasteiger partial charge on any atom is 0.132 e. The molecule has 1 fully saturated rings. The van der Waals surface area contributed by atoms with E-state index >= 15 is 0 Å². The predicted octanol–water partition coefficient (Wildman–Crippen LogP) is 2.27. The molecule has 0 saturated heterocycles. The highest BCUT2D eigenvalue weighted by molar-refractivity contribution is 14.1. The molecule has 0 aromatic carbocycles. The average Bonchev–Trinajstić information content (AvgIpc) is 2.64. The van der Waals surface area contributed by atoms with Crippen molar-refractivity contribution in [2.75, 3.05) is 0 Å². The molecular weight excluding hydrogens is 251 g/mol. The van der Waals surface area contributed by atoms with Crippen LogP contribution in [-0.4, -0.2) is 9.97 Å². The molecule has 0 unspecified atom stereocenters. The zero-order chi connectivity index (χ0) is 7.84. The van der Waals surface area contributed by atoms with Crippen LogP contribution < -0.4 is 0 Å². The predicted molar refractivity (Wildman–Crippen MR) is 51.5 cm³/mol. The van der Waals surface area contributed by atoms with Gasteiger partial charge in [-0.3, -0.25) is 0 Å². The van der Waals surface area contributed by atoms with Crippen LogP contribution >= 0.6 is 22.6 Å². The van der Waals surface area contributed by atoms with Gasteiger partial charge in [-0.2, -0.15) is 0 Å². The second-order valence-corrected chi connectivity index (χ2v) is 4.07. The quantitative estimate of drug-likeness (QED) is 0.571. The molecule has 2 nitrogen and oxygen atoms in total. The van der Waals surface area contributed by atoms with Gasteiger partial charge in [0.25, 0.3) is 0 Å². The van der Waals surface area contributed by atoms with Gasteiger partial charge in [-0.15, -0.1) is 0 Å². The van der Waals surface area contributed by atoms with Crippen molar-refractivity contribution in [2.24, 2.45) is 0 Å². The van der Waals surface area contributed by atoms with Gasteiger partial charge in [0.15, 0.2) is 0 Å². The van der Waals surface area contributed by atoms with E-state index in [1.54, 1.807) is 0 Å². The Morgan fingerprint density at radius 3 is 2.73 bits per heavy atom. The Bertz CT molecular complexity index is 261. The fraction of sp³-hybridized carbons (Fsp3) is 0.500. The molecule has 1 aromatic rings. The zero-order valence-electron chi connectivity index (χ0n) is 6.34. The van der Waals surface area contributed by atoms with E-state index in [9.17, 15) is 0 Å². The number of aromatic nitrogens is 2. The Labute approximate surface area is 79.6 Å². The van der Waals surface area contributed by atoms with E-state index in [0.717, 1.165) is 15.2 Å². The average molecular weight is 260 g/mol. The monoisotopic (exact) mass is 260 g/mol. The van der Waals surface area contributed by atoms with Gasteiger partial charge in [-0.25, -0.2) is 9.97 Å². The molecule has 0 aliphatic heterocycles. The molecule has 0 spiro atoms. The standard InChI is InChI=1S/C8H9IN2/c1-5-4-7(9)11-8(10-5)6-2-3-6/h4,6H,2-3H2,1H3. The first kappa shape index (κ1) is 7.46. The molecule has 1 aliphatic rings. The van der Waals surface area contributed by atoms with Crippen molar-refractivity contribution in [2.45, 2.75) is 25.7 Å². The number of hydrogen-bond donors (Lipinski definition) is 0. The van der Waals surface area contributed by atoms with Crippen LogP contribution in [0.4, 0.5) is 0 Å². The lowest BCUT2D eigenvalue weighted by molar-refractivity contribution is 0.893. The van der Waals surface area contributed by atoms with Gasteiger partial charge >= 0.3 is 0 Å². The highest BCUT2D eigenvalue weighted by Crippen LogP contribution is 2.38. The van der Waals surface area contributed by atoms with Gasteiger partial charge < -0.3 is 0 Å². The minimum atomic E-state index is 0.670. The van der Waals surface area contributed by atoms with Crippen molar-refractivity contribution in [1.82, 2.24) is 9.97 Å². The SMILES string of the molecule is Cc1cc(I)nc(C2CC2)n1. The summed E-state index contributed by atoms with van der Waals surface area (Å²) in [7, 11) is 0. The van der Waals surface area contributed by atoms with E-state index in [1.165, 1.54) is 12.8 Å². The molecule has 0 bridgehead atoms. The van der Waals surface area contributed by atoms with Crippen LogP contribution in [0.15, 0.2) is 6.07 Å². The van der Waals surface area contributed by atoms with Crippen molar-refractivity contribution >= 4 is 22.6 Å². The summed E-state index contributed by atoms with van der Waals surface area (Å²) in [6, 6.07) is 2.01. The highest BCUT2D eigenvalue weighted by atomic mass is 127. The number of halogens is 1. The third-order valence-corrected chi connectivity index (χ3v) is 2.34. The van der Waals surface area contributed by atoms with Crippen LogP contribution in [0.25, 0.3) is 0 Å². The first-order valence-corrected chi connectivity index (χ1v) is 4.84. The molecular formula is C8H9IN2. The fourth-order valence-electron chi connectivity index (χ4n) is 1.08. The Hall–Kier alpha value is -0.190. The minimum absolute atomic E-state index is 0.670. The Kier molecular flexibility index (Phi) is 1.83. The van der Waals surface area contributed by atoms with Crippen molar-refractivity contribution in [3.8, 4) is 0 Å². The molecule has 1 heterocycles. The minimum Gasteiger partial charge on any atom is -0.238 e. The number of nitrogens with zero attached hydrogens (tertiary/aromatic N) is 2. The van der Waals surface area contributed by atoms with Crippen LogP contribution in [0.1, 0.15) is 30.3 Å². The third-order valence-electron chi connectivity index (χ3n) is 1.78. The Balaban J connectivity index is 2.39. The first-order valence-electron chi connectivity index (χ1n) is 3.77. The summed E-state index contributed by atoms with van der Waals surface area (Å²) in [6.07, 6.45) is 2.55. The first-order chi connectivity index (χ1) is 5.25. The largest absolute Gasteiger partial charge is 0.238 e. The molecule has 58 valence electrons. The maximum atomic E-state index is 4.38. The molecule has 0 atom stereocenters. The number of aryl methyl sites for hydroxylation is 1. The maximum absolute atomic E-state index is 4.38. The van der Waals surface area contributed by atoms with Gasteiger partial charge in [0.05, 0.1) is 0 Å². The molecule has 1 aromatic heterocycles. The number of hydrogen-bond acceptors (Lipinski definition) is 2. The van der Waals surface area contributed by atoms with Gasteiger partial charge in [0.2, 0.25) is 0 Å². The van der Waals surface area contributed by atoms with E-state index < -0.39 is 0 Å². The van der Waals surface area contributed by atoms with Crippen molar-refractivity contribution < 1.29 is 0 Å². The molecule has 11 heavy (non-hydrogen) atoms. The van der Waals surface area contributed by atoms with E-state index in [0.29, 0.717) is 5.92 Å². The Morgan fingerprint density at radius 2 is 2.18 bits per heavy atom. The molecule has 0 amide bonds. The normalized spacial score (nSPS) is 16.9. The van der Waals surface area contributed by atoms with Crippen molar-refractivity contribution in [3.05, 3.63) is 21.3 Å². The van der Waals surface area contributed by atoms with Crippen LogP contribution in [0, 0.1) is 10.6 Å². The second kappa shape index (κ2) is 2.69. The van der Waals surface area contributed by atoms with Crippen LogP contribution in [0.3, 0.4) is 0 Å². The van der Waals surface area contributed by atoms with Crippen LogP contribution in [0.5, 0.6) is 0 Å².